The van der Waals surface area contributed by atoms with E-state index in [1.165, 1.54) is 37.6 Å². The first-order valence-electron chi connectivity index (χ1n) is 12.6. The molecule has 4 aromatic rings. The minimum Gasteiger partial charge on any atom is -0.454 e. The van der Waals surface area contributed by atoms with Crippen molar-refractivity contribution < 1.29 is 23.5 Å². The smallest absolute Gasteiger partial charge is 0.324 e. The number of hydrogen-bond donors (Lipinski definition) is 3. The molecule has 214 valence electrons. The number of amides is 3. The van der Waals surface area contributed by atoms with Crippen molar-refractivity contribution in [3.05, 3.63) is 82.9 Å². The normalized spacial score (nSPS) is 11.2. The number of aryl methyl sites for hydroxylation is 1. The van der Waals surface area contributed by atoms with E-state index in [9.17, 15) is 9.59 Å². The minimum absolute atomic E-state index is 0.0358. The van der Waals surface area contributed by atoms with Crippen LogP contribution >= 0.6 is 11.6 Å². The lowest BCUT2D eigenvalue weighted by molar-refractivity contribution is -0.119. The Morgan fingerprint density at radius 3 is 2.44 bits per heavy atom. The third kappa shape index (κ3) is 7.38. The summed E-state index contributed by atoms with van der Waals surface area (Å²) < 4.78 is 27.2. The molecule has 3 amide bonds. The highest BCUT2D eigenvalue weighted by Crippen LogP contribution is 2.35. The van der Waals surface area contributed by atoms with Crippen LogP contribution in [0.3, 0.4) is 0 Å². The Hall–Kier alpha value is -4.48. The summed E-state index contributed by atoms with van der Waals surface area (Å²) in [7, 11) is 1.39. The lowest BCUT2D eigenvalue weighted by Crippen LogP contribution is -2.21. The molecular formula is C29H30ClFN6O4. The summed E-state index contributed by atoms with van der Waals surface area (Å²) in [6, 6.07) is 14.5. The predicted octanol–water partition coefficient (Wildman–Crippen LogP) is 6.69. The van der Waals surface area contributed by atoms with Crippen LogP contribution in [0.5, 0.6) is 11.5 Å². The predicted molar refractivity (Wildman–Crippen MR) is 156 cm³/mol. The van der Waals surface area contributed by atoms with E-state index in [4.69, 9.17) is 26.2 Å². The number of anilines is 3. The first-order chi connectivity index (χ1) is 19.4. The van der Waals surface area contributed by atoms with Crippen LogP contribution in [0.1, 0.15) is 32.0 Å². The monoisotopic (exact) mass is 580 g/mol. The van der Waals surface area contributed by atoms with E-state index >= 15 is 4.39 Å². The van der Waals surface area contributed by atoms with E-state index in [1.807, 2.05) is 52.0 Å². The van der Waals surface area contributed by atoms with Gasteiger partial charge in [0.15, 0.2) is 11.6 Å². The molecule has 0 atom stereocenters. The fourth-order valence-corrected chi connectivity index (χ4v) is 3.88. The quantitative estimate of drug-likeness (QED) is 0.214. The van der Waals surface area contributed by atoms with Crippen LogP contribution < -0.4 is 20.7 Å². The molecule has 0 saturated carbocycles. The van der Waals surface area contributed by atoms with Crippen molar-refractivity contribution in [1.29, 1.82) is 0 Å². The van der Waals surface area contributed by atoms with Crippen molar-refractivity contribution in [3.8, 4) is 17.2 Å². The number of ether oxygens (including phenoxy) is 2. The van der Waals surface area contributed by atoms with E-state index in [2.05, 4.69) is 20.9 Å². The van der Waals surface area contributed by atoms with Gasteiger partial charge in [0.25, 0.3) is 5.91 Å². The summed E-state index contributed by atoms with van der Waals surface area (Å²) in [6.07, 6.45) is 1.39. The Bertz CT molecular complexity index is 1570. The van der Waals surface area contributed by atoms with Gasteiger partial charge >= 0.3 is 6.03 Å². The van der Waals surface area contributed by atoms with E-state index in [0.717, 1.165) is 16.9 Å². The fraction of sp³-hybridized carbons (Fsp3) is 0.241. The number of benzene rings is 2. The van der Waals surface area contributed by atoms with Gasteiger partial charge in [-0.1, -0.05) is 50.1 Å². The van der Waals surface area contributed by atoms with Gasteiger partial charge in [0.2, 0.25) is 0 Å². The second-order valence-corrected chi connectivity index (χ2v) is 10.6. The van der Waals surface area contributed by atoms with E-state index < -0.39 is 17.8 Å². The van der Waals surface area contributed by atoms with Crippen molar-refractivity contribution >= 4 is 40.9 Å². The summed E-state index contributed by atoms with van der Waals surface area (Å²) in [6.45, 7) is 7.90. The van der Waals surface area contributed by atoms with Crippen molar-refractivity contribution in [2.75, 3.05) is 29.7 Å². The van der Waals surface area contributed by atoms with Gasteiger partial charge in [-0.05, 0) is 37.3 Å². The number of aromatic nitrogens is 3. The largest absolute Gasteiger partial charge is 0.454 e. The van der Waals surface area contributed by atoms with Crippen molar-refractivity contribution in [2.24, 2.45) is 0 Å². The second kappa shape index (κ2) is 12.4. The average molecular weight is 581 g/mol. The number of carbonyl (C=O) groups excluding carboxylic acids is 2. The van der Waals surface area contributed by atoms with Gasteiger partial charge in [-0.2, -0.15) is 5.10 Å². The summed E-state index contributed by atoms with van der Waals surface area (Å²) in [4.78, 5) is 28.7. The summed E-state index contributed by atoms with van der Waals surface area (Å²) >= 11 is 6.25. The molecule has 0 aliphatic rings. The molecule has 0 unspecified atom stereocenters. The molecule has 41 heavy (non-hydrogen) atoms. The maximum absolute atomic E-state index is 15.1. The summed E-state index contributed by atoms with van der Waals surface area (Å²) in [5, 5.41) is 12.3. The molecule has 12 heteroatoms. The van der Waals surface area contributed by atoms with Crippen LogP contribution in [-0.2, 0) is 14.9 Å². The van der Waals surface area contributed by atoms with Gasteiger partial charge in [-0.15, -0.1) is 0 Å². The third-order valence-electron chi connectivity index (χ3n) is 5.80. The molecule has 2 aromatic heterocycles. The molecule has 10 nitrogen and oxygen atoms in total. The van der Waals surface area contributed by atoms with Crippen LogP contribution in [0, 0.1) is 12.7 Å². The highest BCUT2D eigenvalue weighted by molar-refractivity contribution is 6.34. The van der Waals surface area contributed by atoms with Gasteiger partial charge in [0.05, 0.1) is 17.1 Å². The zero-order valence-corrected chi connectivity index (χ0v) is 24.0. The van der Waals surface area contributed by atoms with Crippen molar-refractivity contribution in [2.45, 2.75) is 33.1 Å². The van der Waals surface area contributed by atoms with Gasteiger partial charge in [0, 0.05) is 30.9 Å². The van der Waals surface area contributed by atoms with Crippen LogP contribution in [0.25, 0.3) is 5.69 Å². The average Bonchev–Trinajstić information content (AvgIpc) is 3.33. The molecule has 0 aliphatic heterocycles. The number of hydrogen-bond acceptors (Lipinski definition) is 6. The van der Waals surface area contributed by atoms with Crippen LogP contribution in [-0.4, -0.2) is 40.4 Å². The van der Waals surface area contributed by atoms with Crippen LogP contribution in [0.4, 0.5) is 26.5 Å². The van der Waals surface area contributed by atoms with Crippen LogP contribution in [0.15, 0.2) is 60.8 Å². The lowest BCUT2D eigenvalue weighted by atomic mass is 9.92. The summed E-state index contributed by atoms with van der Waals surface area (Å²) in [5.74, 6) is -0.638. The minimum atomic E-state index is -0.883. The number of halogens is 2. The molecule has 0 radical (unpaired) electrons. The Labute approximate surface area is 241 Å². The van der Waals surface area contributed by atoms with Crippen LogP contribution in [0.2, 0.25) is 5.02 Å². The molecule has 4 rings (SSSR count). The lowest BCUT2D eigenvalue weighted by Gasteiger charge is -2.14. The summed E-state index contributed by atoms with van der Waals surface area (Å²) in [5.41, 5.74) is 2.40. The fourth-order valence-electron chi connectivity index (χ4n) is 3.68. The molecule has 3 N–H and O–H groups in total. The van der Waals surface area contributed by atoms with Crippen molar-refractivity contribution in [1.82, 2.24) is 14.8 Å². The second-order valence-electron chi connectivity index (χ2n) is 10.2. The highest BCUT2D eigenvalue weighted by Gasteiger charge is 2.22. The van der Waals surface area contributed by atoms with E-state index in [0.29, 0.717) is 5.82 Å². The number of methoxy groups -OCH3 is 1. The first kappa shape index (κ1) is 29.5. The first-order valence-corrected chi connectivity index (χ1v) is 13.0. The van der Waals surface area contributed by atoms with Gasteiger partial charge < -0.3 is 20.1 Å². The van der Waals surface area contributed by atoms with Gasteiger partial charge in [-0.25, -0.2) is 18.9 Å². The molecule has 0 saturated heterocycles. The molecule has 0 spiro atoms. The van der Waals surface area contributed by atoms with Gasteiger partial charge in [0.1, 0.15) is 29.0 Å². The number of pyridine rings is 1. The highest BCUT2D eigenvalue weighted by atomic mass is 35.5. The Morgan fingerprint density at radius 1 is 1.02 bits per heavy atom. The SMILES string of the molecule is COCC(=O)Nc1cc(Oc2ccc(NC(=O)Nc3cc(C(C)(C)C)nn3-c3ccc(C)cc3)c(Cl)c2F)ccn1. The molecule has 2 heterocycles. The van der Waals surface area contributed by atoms with E-state index in [1.54, 1.807) is 10.7 Å². The number of nitrogens with zero attached hydrogens (tertiary/aromatic N) is 3. The maximum atomic E-state index is 15.1. The Morgan fingerprint density at radius 2 is 1.76 bits per heavy atom. The topological polar surface area (TPSA) is 119 Å². The Kier molecular flexibility index (Phi) is 8.89. The number of carbonyl (C=O) groups is 2. The van der Waals surface area contributed by atoms with E-state index in [-0.39, 0.29) is 40.0 Å². The zero-order chi connectivity index (χ0) is 29.7. The molecule has 0 aliphatic carbocycles. The molecule has 2 aromatic carbocycles. The third-order valence-corrected chi connectivity index (χ3v) is 6.16. The number of urea groups is 1. The number of rotatable bonds is 8. The standard InChI is InChI=1S/C29H30ClFN6O4/c1-17-6-8-18(9-7-17)37-24(15-22(36-37)29(2,3)4)35-28(39)33-20-10-11-21(27(31)26(20)30)41-19-12-13-32-23(14-19)34-25(38)16-40-5/h6-15H,16H2,1-5H3,(H,32,34,38)(H2,33,35,39). The Balaban J connectivity index is 1.50. The zero-order valence-electron chi connectivity index (χ0n) is 23.2. The maximum Gasteiger partial charge on any atom is 0.324 e. The van der Waals surface area contributed by atoms with Gasteiger partial charge in [-0.3, -0.25) is 10.1 Å². The number of nitrogens with one attached hydrogen (secondary N) is 3. The molecule has 0 fully saturated rings. The molecule has 0 bridgehead atoms. The van der Waals surface area contributed by atoms with Crippen molar-refractivity contribution in [3.63, 3.8) is 0 Å². The molecular weight excluding hydrogens is 551 g/mol.